The van der Waals surface area contributed by atoms with E-state index in [1.807, 2.05) is 0 Å². The molecular formula is C18H31NO2. The number of hydrogen-bond donors (Lipinski definition) is 1. The van der Waals surface area contributed by atoms with Crippen LogP contribution in [-0.4, -0.2) is 33.5 Å². The fourth-order valence-corrected chi connectivity index (χ4v) is 2.30. The smallest absolute Gasteiger partial charge is 0.0661 e. The maximum absolute atomic E-state index is 5.78. The van der Waals surface area contributed by atoms with Gasteiger partial charge in [0.25, 0.3) is 0 Å². The predicted molar refractivity (Wildman–Crippen MR) is 88.8 cm³/mol. The van der Waals surface area contributed by atoms with Crippen molar-refractivity contribution in [2.45, 2.75) is 45.6 Å². The van der Waals surface area contributed by atoms with Gasteiger partial charge >= 0.3 is 0 Å². The summed E-state index contributed by atoms with van der Waals surface area (Å²) in [6.07, 6.45) is 4.43. The maximum Gasteiger partial charge on any atom is 0.0661 e. The van der Waals surface area contributed by atoms with Crippen molar-refractivity contribution in [1.82, 2.24) is 5.32 Å². The summed E-state index contributed by atoms with van der Waals surface area (Å²) in [4.78, 5) is 0. The first-order valence-corrected chi connectivity index (χ1v) is 8.20. The van der Waals surface area contributed by atoms with E-state index in [0.29, 0.717) is 0 Å². The summed E-state index contributed by atoms with van der Waals surface area (Å²) in [5.41, 5.74) is 2.73. The highest BCUT2D eigenvalue weighted by Crippen LogP contribution is 2.15. The molecular weight excluding hydrogens is 262 g/mol. The van der Waals surface area contributed by atoms with Crippen molar-refractivity contribution >= 4 is 0 Å². The van der Waals surface area contributed by atoms with Crippen LogP contribution in [-0.2, 0) is 15.9 Å². The van der Waals surface area contributed by atoms with Crippen LogP contribution in [0.4, 0.5) is 0 Å². The third kappa shape index (κ3) is 7.60. The normalized spacial score (nSPS) is 12.5. The topological polar surface area (TPSA) is 30.5 Å². The summed E-state index contributed by atoms with van der Waals surface area (Å²) in [6.45, 7) is 7.66. The van der Waals surface area contributed by atoms with E-state index in [9.17, 15) is 0 Å². The summed E-state index contributed by atoms with van der Waals surface area (Å²) >= 11 is 0. The summed E-state index contributed by atoms with van der Waals surface area (Å²) in [5.74, 6) is 0. The van der Waals surface area contributed by atoms with Crippen molar-refractivity contribution < 1.29 is 9.47 Å². The fourth-order valence-electron chi connectivity index (χ4n) is 2.30. The zero-order valence-electron chi connectivity index (χ0n) is 13.9. The standard InChI is InChI=1S/C18H31NO2/c1-4-7-16-8-10-17(11-9-16)18(19-12-5-2)15-21-14-6-13-20-3/h8-11,18-19H,4-7,12-15H2,1-3H3. The van der Waals surface area contributed by atoms with Crippen LogP contribution in [0.25, 0.3) is 0 Å². The average Bonchev–Trinajstić information content (AvgIpc) is 2.51. The Morgan fingerprint density at radius 2 is 1.81 bits per heavy atom. The molecule has 0 aromatic heterocycles. The van der Waals surface area contributed by atoms with Crippen LogP contribution in [0.3, 0.4) is 0 Å². The van der Waals surface area contributed by atoms with Gasteiger partial charge in [-0.1, -0.05) is 44.5 Å². The Morgan fingerprint density at radius 1 is 1.05 bits per heavy atom. The highest BCUT2D eigenvalue weighted by atomic mass is 16.5. The third-order valence-corrected chi connectivity index (χ3v) is 3.48. The second kappa shape index (κ2) is 11.7. The Hall–Kier alpha value is -0.900. The summed E-state index contributed by atoms with van der Waals surface area (Å²) in [7, 11) is 1.73. The molecule has 0 radical (unpaired) electrons. The molecule has 21 heavy (non-hydrogen) atoms. The number of rotatable bonds is 12. The van der Waals surface area contributed by atoms with E-state index in [0.717, 1.165) is 45.6 Å². The van der Waals surface area contributed by atoms with Crippen LogP contribution in [0.1, 0.15) is 50.3 Å². The van der Waals surface area contributed by atoms with Crippen LogP contribution in [0.15, 0.2) is 24.3 Å². The molecule has 1 aromatic carbocycles. The molecule has 0 aliphatic rings. The van der Waals surface area contributed by atoms with Gasteiger partial charge in [0, 0.05) is 20.3 Å². The van der Waals surface area contributed by atoms with E-state index in [2.05, 4.69) is 43.4 Å². The monoisotopic (exact) mass is 293 g/mol. The zero-order chi connectivity index (χ0) is 15.3. The molecule has 0 saturated heterocycles. The molecule has 0 bridgehead atoms. The lowest BCUT2D eigenvalue weighted by Crippen LogP contribution is -2.26. The maximum atomic E-state index is 5.78. The minimum Gasteiger partial charge on any atom is -0.385 e. The number of methoxy groups -OCH3 is 1. The van der Waals surface area contributed by atoms with E-state index < -0.39 is 0 Å². The lowest BCUT2D eigenvalue weighted by molar-refractivity contribution is 0.0875. The van der Waals surface area contributed by atoms with Crippen LogP contribution in [0.5, 0.6) is 0 Å². The molecule has 0 heterocycles. The largest absolute Gasteiger partial charge is 0.385 e. The Morgan fingerprint density at radius 3 is 2.43 bits per heavy atom. The second-order valence-electron chi connectivity index (χ2n) is 5.42. The molecule has 1 atom stereocenters. The molecule has 0 amide bonds. The van der Waals surface area contributed by atoms with E-state index in [1.165, 1.54) is 17.5 Å². The number of benzene rings is 1. The van der Waals surface area contributed by atoms with Crippen LogP contribution in [0.2, 0.25) is 0 Å². The summed E-state index contributed by atoms with van der Waals surface area (Å²) in [6, 6.07) is 9.23. The first-order chi connectivity index (χ1) is 10.3. The van der Waals surface area contributed by atoms with Crippen molar-refractivity contribution in [3.8, 4) is 0 Å². The van der Waals surface area contributed by atoms with Gasteiger partial charge in [0.1, 0.15) is 0 Å². The Balaban J connectivity index is 2.50. The van der Waals surface area contributed by atoms with Gasteiger partial charge in [0.15, 0.2) is 0 Å². The molecule has 1 aromatic rings. The van der Waals surface area contributed by atoms with Gasteiger partial charge in [0.05, 0.1) is 12.6 Å². The Labute approximate surface area is 130 Å². The van der Waals surface area contributed by atoms with E-state index in [-0.39, 0.29) is 6.04 Å². The first-order valence-electron chi connectivity index (χ1n) is 8.20. The third-order valence-electron chi connectivity index (χ3n) is 3.48. The van der Waals surface area contributed by atoms with Crippen molar-refractivity contribution in [2.24, 2.45) is 0 Å². The van der Waals surface area contributed by atoms with Gasteiger partial charge in [-0.05, 0) is 36.9 Å². The summed E-state index contributed by atoms with van der Waals surface area (Å²) in [5, 5.41) is 3.57. The van der Waals surface area contributed by atoms with E-state index in [4.69, 9.17) is 9.47 Å². The van der Waals surface area contributed by atoms with E-state index in [1.54, 1.807) is 7.11 Å². The molecule has 1 N–H and O–H groups in total. The molecule has 1 unspecified atom stereocenters. The van der Waals surface area contributed by atoms with Crippen LogP contribution < -0.4 is 5.32 Å². The molecule has 0 saturated carbocycles. The van der Waals surface area contributed by atoms with Gasteiger partial charge < -0.3 is 14.8 Å². The van der Waals surface area contributed by atoms with Crippen LogP contribution >= 0.6 is 0 Å². The highest BCUT2D eigenvalue weighted by Gasteiger charge is 2.10. The fraction of sp³-hybridized carbons (Fsp3) is 0.667. The predicted octanol–water partition coefficient (Wildman–Crippen LogP) is 3.73. The summed E-state index contributed by atoms with van der Waals surface area (Å²) < 4.78 is 10.8. The number of ether oxygens (including phenoxy) is 2. The molecule has 0 spiro atoms. The Kier molecular flexibility index (Phi) is 10.1. The van der Waals surface area contributed by atoms with Gasteiger partial charge in [-0.2, -0.15) is 0 Å². The van der Waals surface area contributed by atoms with Gasteiger partial charge in [-0.25, -0.2) is 0 Å². The lowest BCUT2D eigenvalue weighted by Gasteiger charge is -2.19. The SMILES string of the molecule is CCCNC(COCCCOC)c1ccc(CCC)cc1. The average molecular weight is 293 g/mol. The lowest BCUT2D eigenvalue weighted by atomic mass is 10.0. The van der Waals surface area contributed by atoms with Crippen molar-refractivity contribution in [1.29, 1.82) is 0 Å². The second-order valence-corrected chi connectivity index (χ2v) is 5.42. The van der Waals surface area contributed by atoms with Crippen molar-refractivity contribution in [3.63, 3.8) is 0 Å². The minimum atomic E-state index is 0.281. The number of nitrogens with one attached hydrogen (secondary N) is 1. The van der Waals surface area contributed by atoms with Gasteiger partial charge in [0.2, 0.25) is 0 Å². The molecule has 1 rings (SSSR count). The van der Waals surface area contributed by atoms with Gasteiger partial charge in [-0.3, -0.25) is 0 Å². The minimum absolute atomic E-state index is 0.281. The van der Waals surface area contributed by atoms with Crippen LogP contribution in [0, 0.1) is 0 Å². The van der Waals surface area contributed by atoms with Crippen molar-refractivity contribution in [3.05, 3.63) is 35.4 Å². The van der Waals surface area contributed by atoms with Gasteiger partial charge in [-0.15, -0.1) is 0 Å². The Bertz CT molecular complexity index is 351. The molecule has 0 aliphatic carbocycles. The zero-order valence-corrected chi connectivity index (χ0v) is 13.9. The molecule has 3 nitrogen and oxygen atoms in total. The highest BCUT2D eigenvalue weighted by molar-refractivity contribution is 5.25. The quantitative estimate of drug-likeness (QED) is 0.596. The molecule has 0 aliphatic heterocycles. The van der Waals surface area contributed by atoms with E-state index >= 15 is 0 Å². The number of hydrogen-bond acceptors (Lipinski definition) is 3. The first kappa shape index (κ1) is 18.1. The van der Waals surface area contributed by atoms with Crippen molar-refractivity contribution in [2.75, 3.05) is 33.5 Å². The molecule has 3 heteroatoms. The number of aryl methyl sites for hydroxylation is 1. The molecule has 0 fully saturated rings. The molecule has 120 valence electrons.